The molecule has 0 bridgehead atoms. The number of carbonyl (C=O) groups is 1. The molecule has 2 aromatic rings. The van der Waals surface area contributed by atoms with E-state index in [0.29, 0.717) is 62.3 Å². The quantitative estimate of drug-likeness (QED) is 0.664. The van der Waals surface area contributed by atoms with E-state index < -0.39 is 11.2 Å². The molecule has 7 heteroatoms. The number of carbonyl (C=O) groups excluding carboxylic acids is 1. The maximum absolute atomic E-state index is 13.4. The average molecular weight is 447 g/mol. The lowest BCUT2D eigenvalue weighted by atomic mass is 9.68. The summed E-state index contributed by atoms with van der Waals surface area (Å²) >= 11 is 12.2. The number of hydrogen-bond acceptors (Lipinski definition) is 5. The Bertz CT molecular complexity index is 873. The topological polar surface area (TPSA) is 42.0 Å². The van der Waals surface area contributed by atoms with Crippen molar-refractivity contribution in [3.05, 3.63) is 58.6 Å². The highest BCUT2D eigenvalue weighted by molar-refractivity contribution is 6.30. The fourth-order valence-electron chi connectivity index (χ4n) is 5.04. The number of Topliss-reactive ketones (excluding diaryl/α,β-unsaturated/α-hetero) is 1. The van der Waals surface area contributed by atoms with Crippen LogP contribution >= 0.6 is 23.2 Å². The van der Waals surface area contributed by atoms with Crippen molar-refractivity contribution in [3.8, 4) is 0 Å². The molecule has 158 valence electrons. The van der Waals surface area contributed by atoms with Gasteiger partial charge in [0.05, 0.1) is 25.3 Å². The highest BCUT2D eigenvalue weighted by Crippen LogP contribution is 2.47. The van der Waals surface area contributed by atoms with Crippen LogP contribution in [0.2, 0.25) is 10.0 Å². The monoisotopic (exact) mass is 446 g/mol. The second-order valence-electron chi connectivity index (χ2n) is 8.48. The number of ether oxygens (including phenoxy) is 2. The van der Waals surface area contributed by atoms with E-state index in [1.807, 2.05) is 48.5 Å². The van der Waals surface area contributed by atoms with Crippen LogP contribution in [0.1, 0.15) is 19.3 Å². The molecule has 1 saturated carbocycles. The molecule has 3 aliphatic rings. The van der Waals surface area contributed by atoms with E-state index in [1.54, 1.807) is 0 Å². The molecule has 2 aliphatic heterocycles. The molecule has 0 radical (unpaired) electrons. The fraction of sp³-hybridized carbons (Fsp3) is 0.435. The summed E-state index contributed by atoms with van der Waals surface area (Å²) < 4.78 is 12.0. The Labute approximate surface area is 186 Å². The maximum atomic E-state index is 13.4. The van der Waals surface area contributed by atoms with Crippen LogP contribution in [0, 0.1) is 5.41 Å². The number of nitrogens with zero attached hydrogens (tertiary/aromatic N) is 2. The lowest BCUT2D eigenvalue weighted by molar-refractivity contribution is -0.201. The molecule has 0 aromatic heterocycles. The summed E-state index contributed by atoms with van der Waals surface area (Å²) in [5.74, 6) is -0.354. The van der Waals surface area contributed by atoms with Crippen molar-refractivity contribution in [1.29, 1.82) is 0 Å². The zero-order chi connectivity index (χ0) is 20.8. The number of benzene rings is 2. The molecule has 5 nitrogen and oxygen atoms in total. The van der Waals surface area contributed by atoms with Crippen molar-refractivity contribution in [2.75, 3.05) is 42.8 Å². The van der Waals surface area contributed by atoms with Gasteiger partial charge in [0.2, 0.25) is 0 Å². The van der Waals surface area contributed by atoms with Crippen LogP contribution in [0.15, 0.2) is 48.5 Å². The molecule has 0 atom stereocenters. The first-order chi connectivity index (χ1) is 14.5. The molecule has 30 heavy (non-hydrogen) atoms. The Hall–Kier alpha value is -1.79. The lowest BCUT2D eigenvalue weighted by Gasteiger charge is -2.52. The van der Waals surface area contributed by atoms with Crippen molar-refractivity contribution in [3.63, 3.8) is 0 Å². The van der Waals surface area contributed by atoms with E-state index in [0.717, 1.165) is 11.4 Å². The molecule has 5 rings (SSSR count). The Kier molecular flexibility index (Phi) is 5.18. The highest BCUT2D eigenvalue weighted by atomic mass is 35.5. The molecule has 1 aliphatic carbocycles. The zero-order valence-electron chi connectivity index (χ0n) is 16.7. The molecule has 0 amide bonds. The molecule has 2 spiro atoms. The average Bonchev–Trinajstić information content (AvgIpc) is 3.20. The SMILES string of the molecule is O=C1CCC2(CC13CN(c1ccc(Cl)cc1)CN(c1ccc(Cl)cc1)C3)OCCO2. The summed E-state index contributed by atoms with van der Waals surface area (Å²) in [6, 6.07) is 15.6. The molecule has 2 aromatic carbocycles. The smallest absolute Gasteiger partial charge is 0.170 e. The standard InChI is InChI=1S/C23H24Cl2N2O3/c24-17-1-5-19(6-2-17)26-14-22(13-23(10-9-21(22)28)29-11-12-30-23)15-27(16-26)20-7-3-18(25)4-8-20/h1-8H,9-16H2. The number of halogens is 2. The van der Waals surface area contributed by atoms with E-state index in [9.17, 15) is 4.79 Å². The predicted octanol–water partition coefficient (Wildman–Crippen LogP) is 4.76. The molecule has 0 unspecified atom stereocenters. The van der Waals surface area contributed by atoms with Crippen LogP contribution in [-0.2, 0) is 14.3 Å². The van der Waals surface area contributed by atoms with Gasteiger partial charge in [-0.25, -0.2) is 0 Å². The molecule has 3 fully saturated rings. The first kappa shape index (κ1) is 20.1. The van der Waals surface area contributed by atoms with E-state index in [2.05, 4.69) is 9.80 Å². The van der Waals surface area contributed by atoms with Gasteiger partial charge in [-0.3, -0.25) is 4.79 Å². The third-order valence-electron chi connectivity index (χ3n) is 6.46. The molecular weight excluding hydrogens is 423 g/mol. The Morgan fingerprint density at radius 1 is 0.800 bits per heavy atom. The second kappa shape index (κ2) is 7.72. The maximum Gasteiger partial charge on any atom is 0.170 e. The van der Waals surface area contributed by atoms with E-state index in [1.165, 1.54) is 0 Å². The van der Waals surface area contributed by atoms with E-state index >= 15 is 0 Å². The number of anilines is 2. The van der Waals surface area contributed by atoms with Gasteiger partial charge in [-0.2, -0.15) is 0 Å². The first-order valence-corrected chi connectivity index (χ1v) is 11.0. The predicted molar refractivity (Wildman–Crippen MR) is 118 cm³/mol. The molecular formula is C23H24Cl2N2O3. The zero-order valence-corrected chi connectivity index (χ0v) is 18.2. The summed E-state index contributed by atoms with van der Waals surface area (Å²) in [5.41, 5.74) is 1.51. The van der Waals surface area contributed by atoms with Gasteiger partial charge in [-0.05, 0) is 48.5 Å². The van der Waals surface area contributed by atoms with Gasteiger partial charge < -0.3 is 19.3 Å². The van der Waals surface area contributed by atoms with Gasteiger partial charge in [-0.1, -0.05) is 23.2 Å². The minimum Gasteiger partial charge on any atom is -0.353 e. The number of ketones is 1. The van der Waals surface area contributed by atoms with E-state index in [4.69, 9.17) is 32.7 Å². The Morgan fingerprint density at radius 3 is 1.80 bits per heavy atom. The summed E-state index contributed by atoms with van der Waals surface area (Å²) in [6.45, 7) is 3.11. The second-order valence-corrected chi connectivity index (χ2v) is 9.35. The summed E-state index contributed by atoms with van der Waals surface area (Å²) in [4.78, 5) is 17.9. The summed E-state index contributed by atoms with van der Waals surface area (Å²) in [6.07, 6.45) is 1.69. The van der Waals surface area contributed by atoms with Crippen molar-refractivity contribution < 1.29 is 14.3 Å². The molecule has 2 heterocycles. The summed E-state index contributed by atoms with van der Waals surface area (Å²) in [7, 11) is 0. The van der Waals surface area contributed by atoms with E-state index in [-0.39, 0.29) is 5.78 Å². The number of rotatable bonds is 2. The van der Waals surface area contributed by atoms with Crippen LogP contribution in [0.4, 0.5) is 11.4 Å². The molecule has 2 saturated heterocycles. The minimum absolute atomic E-state index is 0.282. The third-order valence-corrected chi connectivity index (χ3v) is 6.96. The Balaban J connectivity index is 1.52. The van der Waals surface area contributed by atoms with Gasteiger partial charge in [0.15, 0.2) is 5.79 Å². The van der Waals surface area contributed by atoms with Crippen molar-refractivity contribution >= 4 is 40.4 Å². The van der Waals surface area contributed by atoms with Crippen molar-refractivity contribution in [1.82, 2.24) is 0 Å². The number of hydrogen-bond donors (Lipinski definition) is 0. The van der Waals surface area contributed by atoms with Crippen LogP contribution in [0.3, 0.4) is 0 Å². The van der Waals surface area contributed by atoms with Crippen LogP contribution < -0.4 is 9.80 Å². The third kappa shape index (κ3) is 3.69. The van der Waals surface area contributed by atoms with Crippen molar-refractivity contribution in [2.24, 2.45) is 5.41 Å². The lowest BCUT2D eigenvalue weighted by Crippen LogP contribution is -2.63. The van der Waals surface area contributed by atoms with Gasteiger partial charge in [-0.15, -0.1) is 0 Å². The van der Waals surface area contributed by atoms with Gasteiger partial charge in [0.25, 0.3) is 0 Å². The van der Waals surface area contributed by atoms with Gasteiger partial charge >= 0.3 is 0 Å². The van der Waals surface area contributed by atoms with Crippen LogP contribution in [-0.4, -0.2) is 44.5 Å². The van der Waals surface area contributed by atoms with Crippen LogP contribution in [0.25, 0.3) is 0 Å². The van der Waals surface area contributed by atoms with Crippen molar-refractivity contribution in [2.45, 2.75) is 25.0 Å². The van der Waals surface area contributed by atoms with Gasteiger partial charge in [0.1, 0.15) is 5.78 Å². The highest BCUT2D eigenvalue weighted by Gasteiger charge is 2.55. The first-order valence-electron chi connectivity index (χ1n) is 10.3. The normalized spacial score (nSPS) is 22.8. The Morgan fingerprint density at radius 2 is 1.30 bits per heavy atom. The summed E-state index contributed by atoms with van der Waals surface area (Å²) in [5, 5.41) is 1.39. The minimum atomic E-state index is -0.636. The fourth-order valence-corrected chi connectivity index (χ4v) is 5.29. The van der Waals surface area contributed by atoms with Gasteiger partial charge in [0, 0.05) is 53.8 Å². The molecule has 0 N–H and O–H groups in total. The van der Waals surface area contributed by atoms with Crippen LogP contribution in [0.5, 0.6) is 0 Å². The largest absolute Gasteiger partial charge is 0.353 e.